The molecule has 6 nitrogen and oxygen atoms in total. The van der Waals surface area contributed by atoms with Crippen LogP contribution in [0.25, 0.3) is 11.0 Å². The van der Waals surface area contributed by atoms with E-state index in [0.717, 1.165) is 17.4 Å². The fourth-order valence-electron chi connectivity index (χ4n) is 3.82. The van der Waals surface area contributed by atoms with Crippen molar-refractivity contribution >= 4 is 34.2 Å². The van der Waals surface area contributed by atoms with Gasteiger partial charge in [0.05, 0.1) is 15.9 Å². The van der Waals surface area contributed by atoms with Gasteiger partial charge in [0, 0.05) is 6.54 Å². The number of likely N-dealkylation sites (tertiary alicyclic amines) is 1. The molecule has 2 aromatic heterocycles. The second-order valence-electron chi connectivity index (χ2n) is 7.17. The van der Waals surface area contributed by atoms with E-state index in [9.17, 15) is 18.4 Å². The van der Waals surface area contributed by atoms with Crippen molar-refractivity contribution in [3.8, 4) is 0 Å². The van der Waals surface area contributed by atoms with Gasteiger partial charge in [-0.05, 0) is 49.8 Å². The zero-order valence-electron chi connectivity index (χ0n) is 16.3. The first-order chi connectivity index (χ1) is 14.5. The largest absolute Gasteiger partial charge is 0.453 e. The molecular weight excluding hydrogens is 412 g/mol. The van der Waals surface area contributed by atoms with Crippen molar-refractivity contribution in [2.75, 3.05) is 6.54 Å². The Morgan fingerprint density at radius 3 is 2.73 bits per heavy atom. The molecule has 0 spiro atoms. The second kappa shape index (κ2) is 8.51. The normalized spacial score (nSPS) is 18.0. The van der Waals surface area contributed by atoms with Gasteiger partial charge in [-0.25, -0.2) is 9.78 Å². The first-order valence-corrected chi connectivity index (χ1v) is 10.7. The topological polar surface area (TPSA) is 64.4 Å². The Bertz CT molecular complexity index is 1050. The molecule has 0 aliphatic carbocycles. The number of piperidine rings is 1. The van der Waals surface area contributed by atoms with Gasteiger partial charge in [-0.3, -0.25) is 9.36 Å². The summed E-state index contributed by atoms with van der Waals surface area (Å²) >= 11 is 1.32. The second-order valence-corrected chi connectivity index (χ2v) is 8.12. The highest BCUT2D eigenvalue weighted by atomic mass is 32.1. The van der Waals surface area contributed by atoms with E-state index in [1.165, 1.54) is 23.2 Å². The van der Waals surface area contributed by atoms with Gasteiger partial charge in [-0.2, -0.15) is 8.78 Å². The lowest BCUT2D eigenvalue weighted by Crippen LogP contribution is -2.48. The minimum atomic E-state index is -2.82. The van der Waals surface area contributed by atoms with Crippen LogP contribution in [0.4, 0.5) is 8.78 Å². The predicted molar refractivity (Wildman–Crippen MR) is 108 cm³/mol. The van der Waals surface area contributed by atoms with Gasteiger partial charge in [0.15, 0.2) is 11.9 Å². The third-order valence-electron chi connectivity index (χ3n) is 5.24. The first kappa shape index (κ1) is 20.5. The number of imidazole rings is 1. The van der Waals surface area contributed by atoms with Crippen molar-refractivity contribution < 1.29 is 23.1 Å². The van der Waals surface area contributed by atoms with Gasteiger partial charge in [0.2, 0.25) is 0 Å². The summed E-state index contributed by atoms with van der Waals surface area (Å²) in [7, 11) is 0. The van der Waals surface area contributed by atoms with Crippen LogP contribution in [0.1, 0.15) is 54.3 Å². The average Bonchev–Trinajstić information content (AvgIpc) is 3.41. The molecule has 1 amide bonds. The van der Waals surface area contributed by atoms with Crippen LogP contribution in [0, 0.1) is 0 Å². The van der Waals surface area contributed by atoms with Crippen molar-refractivity contribution in [2.24, 2.45) is 0 Å². The van der Waals surface area contributed by atoms with E-state index in [0.29, 0.717) is 23.4 Å². The summed E-state index contributed by atoms with van der Waals surface area (Å²) in [6, 6.07) is 9.31. The van der Waals surface area contributed by atoms with Gasteiger partial charge in [-0.15, -0.1) is 11.3 Å². The maximum Gasteiger partial charge on any atom is 0.329 e. The molecule has 0 bridgehead atoms. The van der Waals surface area contributed by atoms with Gasteiger partial charge >= 0.3 is 12.5 Å². The van der Waals surface area contributed by atoms with Gasteiger partial charge in [0.1, 0.15) is 6.04 Å². The number of nitrogens with zero attached hydrogens (tertiary/aromatic N) is 3. The maximum absolute atomic E-state index is 13.7. The molecule has 1 fully saturated rings. The third-order valence-corrected chi connectivity index (χ3v) is 6.10. The highest BCUT2D eigenvalue weighted by Crippen LogP contribution is 2.30. The number of fused-ring (bicyclic) bond motifs is 1. The number of aromatic nitrogens is 2. The number of alkyl halides is 2. The number of rotatable bonds is 5. The number of carbonyl (C=O) groups is 2. The number of hydrogen-bond acceptors (Lipinski definition) is 5. The van der Waals surface area contributed by atoms with Gasteiger partial charge in [-0.1, -0.05) is 18.2 Å². The molecule has 1 aromatic carbocycles. The SMILES string of the molecule is CC(OC(=O)C1CCCCN1C(=O)c1cccs1)c1nc2ccccc2n1C(F)F. The number of carbonyl (C=O) groups excluding carboxylic acids is 2. The minimum absolute atomic E-state index is 0.0218. The zero-order valence-corrected chi connectivity index (χ0v) is 17.1. The Kier molecular flexibility index (Phi) is 5.80. The molecule has 3 aromatic rings. The van der Waals surface area contributed by atoms with Crippen molar-refractivity contribution in [2.45, 2.75) is 44.9 Å². The smallest absolute Gasteiger partial charge is 0.329 e. The van der Waals surface area contributed by atoms with Crippen LogP contribution in [0.3, 0.4) is 0 Å². The third kappa shape index (κ3) is 3.81. The molecule has 2 atom stereocenters. The van der Waals surface area contributed by atoms with E-state index in [2.05, 4.69) is 4.98 Å². The molecule has 0 N–H and O–H groups in total. The summed E-state index contributed by atoms with van der Waals surface area (Å²) in [5, 5.41) is 1.81. The Balaban J connectivity index is 1.56. The van der Waals surface area contributed by atoms with Crippen LogP contribution in [0.5, 0.6) is 0 Å². The average molecular weight is 433 g/mol. The van der Waals surface area contributed by atoms with Crippen molar-refractivity contribution in [1.29, 1.82) is 0 Å². The molecule has 1 aliphatic rings. The summed E-state index contributed by atoms with van der Waals surface area (Å²) in [4.78, 5) is 32.1. The molecule has 1 saturated heterocycles. The Morgan fingerprint density at radius 1 is 1.20 bits per heavy atom. The number of halogens is 2. The lowest BCUT2D eigenvalue weighted by atomic mass is 10.0. The van der Waals surface area contributed by atoms with E-state index in [-0.39, 0.29) is 17.2 Å². The summed E-state index contributed by atoms with van der Waals surface area (Å²) < 4.78 is 33.7. The van der Waals surface area contributed by atoms with E-state index in [1.807, 2.05) is 0 Å². The number of hydrogen-bond donors (Lipinski definition) is 0. The van der Waals surface area contributed by atoms with E-state index in [1.54, 1.807) is 41.8 Å². The van der Waals surface area contributed by atoms with Crippen molar-refractivity contribution in [1.82, 2.24) is 14.5 Å². The van der Waals surface area contributed by atoms with Crippen LogP contribution in [0.15, 0.2) is 41.8 Å². The predicted octanol–water partition coefficient (Wildman–Crippen LogP) is 4.79. The first-order valence-electron chi connectivity index (χ1n) is 9.77. The monoisotopic (exact) mass is 433 g/mol. The molecule has 9 heteroatoms. The molecule has 158 valence electrons. The molecule has 2 unspecified atom stereocenters. The fraction of sp³-hybridized carbons (Fsp3) is 0.381. The van der Waals surface area contributed by atoms with Crippen LogP contribution >= 0.6 is 11.3 Å². The Labute approximate surface area is 176 Å². The molecular formula is C21H21F2N3O3S. The summed E-state index contributed by atoms with van der Waals surface area (Å²) in [5.41, 5.74) is 0.681. The minimum Gasteiger partial charge on any atom is -0.453 e. The molecule has 1 aliphatic heterocycles. The molecule has 0 radical (unpaired) electrons. The number of benzene rings is 1. The highest BCUT2D eigenvalue weighted by molar-refractivity contribution is 7.12. The summed E-state index contributed by atoms with van der Waals surface area (Å²) in [6.07, 6.45) is 1.09. The zero-order chi connectivity index (χ0) is 21.3. The quantitative estimate of drug-likeness (QED) is 0.543. The van der Waals surface area contributed by atoms with Crippen molar-refractivity contribution in [3.05, 3.63) is 52.5 Å². The number of para-hydroxylation sites is 2. The molecule has 30 heavy (non-hydrogen) atoms. The number of ether oxygens (including phenoxy) is 1. The lowest BCUT2D eigenvalue weighted by Gasteiger charge is -2.34. The summed E-state index contributed by atoms with van der Waals surface area (Å²) in [6.45, 7) is -0.840. The Morgan fingerprint density at radius 2 is 2.00 bits per heavy atom. The lowest BCUT2D eigenvalue weighted by molar-refractivity contribution is -0.156. The van der Waals surface area contributed by atoms with Crippen LogP contribution < -0.4 is 0 Å². The van der Waals surface area contributed by atoms with Crippen LogP contribution in [0.2, 0.25) is 0 Å². The molecule has 0 saturated carbocycles. The van der Waals surface area contributed by atoms with E-state index >= 15 is 0 Å². The van der Waals surface area contributed by atoms with Gasteiger partial charge in [0.25, 0.3) is 5.91 Å². The van der Waals surface area contributed by atoms with Crippen LogP contribution in [-0.4, -0.2) is 38.9 Å². The summed E-state index contributed by atoms with van der Waals surface area (Å²) in [5.74, 6) is -0.828. The van der Waals surface area contributed by atoms with Crippen LogP contribution in [-0.2, 0) is 9.53 Å². The molecule has 4 rings (SSSR count). The number of esters is 1. The Hall–Kier alpha value is -2.81. The fourth-order valence-corrected chi connectivity index (χ4v) is 4.50. The van der Waals surface area contributed by atoms with Crippen molar-refractivity contribution in [3.63, 3.8) is 0 Å². The number of amides is 1. The highest BCUT2D eigenvalue weighted by Gasteiger charge is 2.36. The van der Waals surface area contributed by atoms with E-state index in [4.69, 9.17) is 4.74 Å². The van der Waals surface area contributed by atoms with Gasteiger partial charge < -0.3 is 9.64 Å². The standard InChI is InChI=1S/C21H21F2N3O3S/c1-13(18-24-14-7-2-3-8-15(14)26(18)21(22)23)29-20(28)16-9-4-5-11-25(16)19(27)17-10-6-12-30-17/h2-3,6-8,10,12-13,16,21H,4-5,9,11H2,1H3. The number of thiophene rings is 1. The maximum atomic E-state index is 13.7. The van der Waals surface area contributed by atoms with E-state index < -0.39 is 24.7 Å². The molecule has 3 heterocycles.